The van der Waals surface area contributed by atoms with E-state index in [1.807, 2.05) is 0 Å². The number of rotatable bonds is 14. The van der Waals surface area contributed by atoms with Gasteiger partial charge in [0.2, 0.25) is 0 Å². The molecular formula is C18H32O2. The van der Waals surface area contributed by atoms with Crippen molar-refractivity contribution in [3.05, 3.63) is 24.3 Å². The Hall–Kier alpha value is -1.05. The highest BCUT2D eigenvalue weighted by Gasteiger charge is 1.94. The minimum atomic E-state index is -0.680. The number of carbonyl (C=O) groups is 1. The summed E-state index contributed by atoms with van der Waals surface area (Å²) in [5.74, 6) is -0.680. The molecule has 0 saturated heterocycles. The van der Waals surface area contributed by atoms with Crippen LogP contribution < -0.4 is 0 Å². The number of unbranched alkanes of at least 4 members (excludes halogenated alkanes) is 8. The number of allylic oxidation sites excluding steroid dienone is 4. The van der Waals surface area contributed by atoms with Gasteiger partial charge in [0.15, 0.2) is 0 Å². The summed E-state index contributed by atoms with van der Waals surface area (Å²) in [6, 6.07) is 0. The predicted molar refractivity (Wildman–Crippen MR) is 87.0 cm³/mol. The molecule has 0 aromatic rings. The summed E-state index contributed by atoms with van der Waals surface area (Å²) < 4.78 is 0. The maximum Gasteiger partial charge on any atom is 0.303 e. The van der Waals surface area contributed by atoms with Crippen molar-refractivity contribution >= 4 is 5.97 Å². The van der Waals surface area contributed by atoms with E-state index in [0.717, 1.165) is 32.1 Å². The Kier molecular flexibility index (Phi) is 15.2. The first-order chi connectivity index (χ1) is 9.77. The first-order valence-electron chi connectivity index (χ1n) is 8.29. The normalized spacial score (nSPS) is 11.7. The molecule has 0 bridgehead atoms. The summed E-state index contributed by atoms with van der Waals surface area (Å²) in [4.78, 5) is 10.3. The van der Waals surface area contributed by atoms with Crippen LogP contribution in [0.5, 0.6) is 0 Å². The highest BCUT2D eigenvalue weighted by Crippen LogP contribution is 2.06. The predicted octanol–water partition coefficient (Wildman–Crippen LogP) is 5.88. The van der Waals surface area contributed by atoms with Crippen LogP contribution in [0.4, 0.5) is 0 Å². The summed E-state index contributed by atoms with van der Waals surface area (Å²) in [5.41, 5.74) is 0. The van der Waals surface area contributed by atoms with Gasteiger partial charge < -0.3 is 5.11 Å². The topological polar surface area (TPSA) is 37.3 Å². The molecule has 0 aliphatic heterocycles. The smallest absolute Gasteiger partial charge is 0.303 e. The summed E-state index contributed by atoms with van der Waals surface area (Å²) in [5, 5.41) is 8.50. The number of hydrogen-bond donors (Lipinski definition) is 1. The van der Waals surface area contributed by atoms with E-state index in [-0.39, 0.29) is 0 Å². The fraction of sp³-hybridized carbons (Fsp3) is 0.722. The van der Waals surface area contributed by atoms with Crippen LogP contribution in [0.25, 0.3) is 0 Å². The third kappa shape index (κ3) is 16.9. The first-order valence-corrected chi connectivity index (χ1v) is 8.29. The van der Waals surface area contributed by atoms with E-state index in [1.54, 1.807) is 0 Å². The zero-order valence-electron chi connectivity index (χ0n) is 13.2. The molecule has 0 aromatic carbocycles. The lowest BCUT2D eigenvalue weighted by atomic mass is 10.1. The van der Waals surface area contributed by atoms with Crippen LogP contribution in [0, 0.1) is 0 Å². The molecule has 0 heterocycles. The molecule has 0 aliphatic rings. The third-order valence-corrected chi connectivity index (χ3v) is 3.34. The molecule has 2 nitrogen and oxygen atoms in total. The standard InChI is InChI=1S/C18H32O2/c1-2-3-4-5-6-7-8-9-10-11-12-13-14-15-16-17-18(19)20/h8-9,11-12H,2-7,10,13-17H2,1H3,(H,19,20). The summed E-state index contributed by atoms with van der Waals surface area (Å²) in [7, 11) is 0. The molecule has 0 radical (unpaired) electrons. The van der Waals surface area contributed by atoms with Gasteiger partial charge in [-0.25, -0.2) is 0 Å². The molecule has 0 saturated carbocycles. The molecule has 0 amide bonds. The molecule has 0 aromatic heterocycles. The maximum absolute atomic E-state index is 10.3. The van der Waals surface area contributed by atoms with Crippen LogP contribution in [-0.4, -0.2) is 11.1 Å². The monoisotopic (exact) mass is 280 g/mol. The molecular weight excluding hydrogens is 248 g/mol. The quantitative estimate of drug-likeness (QED) is 0.318. The van der Waals surface area contributed by atoms with Crippen LogP contribution in [-0.2, 0) is 4.79 Å². The molecule has 20 heavy (non-hydrogen) atoms. The second-order valence-corrected chi connectivity index (χ2v) is 5.37. The minimum absolute atomic E-state index is 0.310. The fourth-order valence-electron chi connectivity index (χ4n) is 2.09. The Balaban J connectivity index is 3.20. The van der Waals surface area contributed by atoms with Crippen molar-refractivity contribution in [3.63, 3.8) is 0 Å². The lowest BCUT2D eigenvalue weighted by molar-refractivity contribution is -0.137. The van der Waals surface area contributed by atoms with E-state index >= 15 is 0 Å². The molecule has 1 N–H and O–H groups in total. The molecule has 0 rings (SSSR count). The summed E-state index contributed by atoms with van der Waals surface area (Å²) in [6.45, 7) is 2.25. The SMILES string of the molecule is CCCCCCCC=CCC=CCCCCCC(=O)O. The van der Waals surface area contributed by atoms with Gasteiger partial charge >= 0.3 is 5.97 Å². The van der Waals surface area contributed by atoms with E-state index < -0.39 is 5.97 Å². The van der Waals surface area contributed by atoms with Gasteiger partial charge in [-0.1, -0.05) is 63.3 Å². The van der Waals surface area contributed by atoms with E-state index in [2.05, 4.69) is 31.2 Å². The summed E-state index contributed by atoms with van der Waals surface area (Å²) >= 11 is 0. The Labute approximate surface area is 125 Å². The van der Waals surface area contributed by atoms with Gasteiger partial charge in [-0.05, 0) is 38.5 Å². The van der Waals surface area contributed by atoms with Crippen molar-refractivity contribution in [2.75, 3.05) is 0 Å². The van der Waals surface area contributed by atoms with Crippen LogP contribution in [0.3, 0.4) is 0 Å². The lowest BCUT2D eigenvalue weighted by Crippen LogP contribution is -1.93. The van der Waals surface area contributed by atoms with Crippen molar-refractivity contribution < 1.29 is 9.90 Å². The zero-order chi connectivity index (χ0) is 14.9. The van der Waals surface area contributed by atoms with Gasteiger partial charge in [-0.15, -0.1) is 0 Å². The van der Waals surface area contributed by atoms with Crippen molar-refractivity contribution in [2.24, 2.45) is 0 Å². The number of carboxylic acid groups (broad SMARTS) is 1. The van der Waals surface area contributed by atoms with Gasteiger partial charge in [0, 0.05) is 6.42 Å². The molecule has 0 aliphatic carbocycles. The minimum Gasteiger partial charge on any atom is -0.481 e. The number of aliphatic carboxylic acids is 1. The molecule has 0 atom stereocenters. The molecule has 2 heteroatoms. The molecule has 0 fully saturated rings. The Morgan fingerprint density at radius 2 is 1.35 bits per heavy atom. The van der Waals surface area contributed by atoms with Crippen molar-refractivity contribution in [1.29, 1.82) is 0 Å². The van der Waals surface area contributed by atoms with E-state index in [4.69, 9.17) is 5.11 Å². The fourth-order valence-corrected chi connectivity index (χ4v) is 2.09. The van der Waals surface area contributed by atoms with Crippen LogP contribution in [0.1, 0.15) is 84.0 Å². The highest BCUT2D eigenvalue weighted by atomic mass is 16.4. The molecule has 0 unspecified atom stereocenters. The number of carboxylic acids is 1. The average Bonchev–Trinajstić information content (AvgIpc) is 2.43. The van der Waals surface area contributed by atoms with Gasteiger partial charge in [0.05, 0.1) is 0 Å². The molecule has 116 valence electrons. The lowest BCUT2D eigenvalue weighted by Gasteiger charge is -1.96. The van der Waals surface area contributed by atoms with Crippen molar-refractivity contribution in [1.82, 2.24) is 0 Å². The van der Waals surface area contributed by atoms with Gasteiger partial charge in [0.1, 0.15) is 0 Å². The van der Waals surface area contributed by atoms with Crippen molar-refractivity contribution in [2.45, 2.75) is 84.0 Å². The Morgan fingerprint density at radius 3 is 1.90 bits per heavy atom. The van der Waals surface area contributed by atoms with Crippen LogP contribution in [0.2, 0.25) is 0 Å². The average molecular weight is 280 g/mol. The third-order valence-electron chi connectivity index (χ3n) is 3.34. The van der Waals surface area contributed by atoms with Gasteiger partial charge in [-0.2, -0.15) is 0 Å². The van der Waals surface area contributed by atoms with Crippen LogP contribution in [0.15, 0.2) is 24.3 Å². The van der Waals surface area contributed by atoms with Gasteiger partial charge in [0.25, 0.3) is 0 Å². The van der Waals surface area contributed by atoms with E-state index in [0.29, 0.717) is 6.42 Å². The van der Waals surface area contributed by atoms with Crippen LogP contribution >= 0.6 is 0 Å². The van der Waals surface area contributed by atoms with Crippen molar-refractivity contribution in [3.8, 4) is 0 Å². The molecule has 0 spiro atoms. The largest absolute Gasteiger partial charge is 0.481 e. The van der Waals surface area contributed by atoms with E-state index in [1.165, 1.54) is 38.5 Å². The second-order valence-electron chi connectivity index (χ2n) is 5.37. The van der Waals surface area contributed by atoms with E-state index in [9.17, 15) is 4.79 Å². The van der Waals surface area contributed by atoms with Gasteiger partial charge in [-0.3, -0.25) is 4.79 Å². The number of hydrogen-bond acceptors (Lipinski definition) is 1. The highest BCUT2D eigenvalue weighted by molar-refractivity contribution is 5.66. The first kappa shape index (κ1) is 18.9. The Bertz CT molecular complexity index is 267. The summed E-state index contributed by atoms with van der Waals surface area (Å²) in [6.07, 6.45) is 22.3. The second kappa shape index (κ2) is 16.0. The zero-order valence-corrected chi connectivity index (χ0v) is 13.2. The maximum atomic E-state index is 10.3. The Morgan fingerprint density at radius 1 is 0.800 bits per heavy atom.